The molecule has 378 valence electrons. The minimum absolute atomic E-state index is 0. The third-order valence-corrected chi connectivity index (χ3v) is 14.2. The summed E-state index contributed by atoms with van der Waals surface area (Å²) in [5.41, 5.74) is 15.4. The number of imidazole rings is 3. The molecule has 11 nitrogen and oxygen atoms in total. The van der Waals surface area contributed by atoms with Gasteiger partial charge in [0, 0.05) is 34.5 Å². The van der Waals surface area contributed by atoms with Crippen LogP contribution in [0.1, 0.15) is 12.8 Å². The molecule has 16 rings (SSSR count). The van der Waals surface area contributed by atoms with Gasteiger partial charge < -0.3 is 1.43 Å². The molecule has 1 aliphatic heterocycles. The van der Waals surface area contributed by atoms with Crippen LogP contribution < -0.4 is 29.6 Å². The number of halogens is 1. The van der Waals surface area contributed by atoms with Gasteiger partial charge in [0.1, 0.15) is 11.6 Å². The maximum absolute atomic E-state index is 14.3. The Hall–Kier alpha value is -9.85. The van der Waals surface area contributed by atoms with Crippen molar-refractivity contribution < 1.29 is 35.4 Å². The van der Waals surface area contributed by atoms with E-state index in [0.29, 0.717) is 17.2 Å². The predicted molar refractivity (Wildman–Crippen MR) is 312 cm³/mol. The first-order valence-corrected chi connectivity index (χ1v) is 26.0. The second-order valence-corrected chi connectivity index (χ2v) is 19.0. The number of hydrogen-bond donors (Lipinski definition) is 0. The van der Waals surface area contributed by atoms with Crippen LogP contribution >= 0.6 is 0 Å². The van der Waals surface area contributed by atoms with Crippen LogP contribution in [0, 0.1) is 5.82 Å². The molecule has 0 radical (unpaired) electrons. The van der Waals surface area contributed by atoms with Crippen molar-refractivity contribution >= 4 is 38.9 Å². The number of fused-ring (bicyclic) bond motifs is 10. The molecule has 6 heterocycles. The molecule has 13 heteroatoms. The topological polar surface area (TPSA) is 101 Å². The van der Waals surface area contributed by atoms with E-state index < -0.39 is 0 Å². The van der Waals surface area contributed by atoms with Gasteiger partial charge in [-0.25, -0.2) is 14.4 Å². The Balaban J connectivity index is 0.000000132. The van der Waals surface area contributed by atoms with Crippen LogP contribution in [0.25, 0.3) is 107 Å². The molecular formula is C67H47FN11Na. The third kappa shape index (κ3) is 8.87. The Morgan fingerprint density at radius 1 is 0.338 bits per heavy atom. The molecule has 0 aliphatic carbocycles. The van der Waals surface area contributed by atoms with Crippen molar-refractivity contribution in [2.45, 2.75) is 6.42 Å². The summed E-state index contributed by atoms with van der Waals surface area (Å²) < 4.78 is 25.1. The average Bonchev–Trinajstić information content (AvgIpc) is 4.54. The van der Waals surface area contributed by atoms with Crippen molar-refractivity contribution in [2.75, 3.05) is 0 Å². The van der Waals surface area contributed by atoms with Crippen LogP contribution in [0.5, 0.6) is 0 Å². The number of nitrogens with zero attached hydrogens (tertiary/aromatic N) is 11. The summed E-state index contributed by atoms with van der Waals surface area (Å²) >= 11 is 0. The van der Waals surface area contributed by atoms with Crippen LogP contribution in [0.4, 0.5) is 4.39 Å². The quantitative estimate of drug-likeness (QED) is 0.147. The van der Waals surface area contributed by atoms with Crippen LogP contribution in [-0.4, -0.2) is 53.0 Å². The SMILES string of the molecule is Fc1ccccc1-c1nnc(-c2ccccc2)n1-c1ccccc1.[H-].[Na+].c1ccc(-c2nnc(-c3ccccc3-n3c4ccccc4n4c5ccccc5nc34)n2-c2ccccc2)cc1.c1ccc2c(c1)Cc1nc3ccccc3n1-2. The van der Waals surface area contributed by atoms with Gasteiger partial charge >= 0.3 is 29.6 Å². The molecule has 0 spiro atoms. The minimum atomic E-state index is -0.318. The van der Waals surface area contributed by atoms with E-state index in [1.807, 2.05) is 114 Å². The van der Waals surface area contributed by atoms with E-state index in [-0.39, 0.29) is 36.8 Å². The number of para-hydroxylation sites is 10. The van der Waals surface area contributed by atoms with Crippen LogP contribution in [0.15, 0.2) is 267 Å². The van der Waals surface area contributed by atoms with Crippen LogP contribution in [0.3, 0.4) is 0 Å². The standard InChI is InChI=1S/C33H22N6.C20H14FN3.C14H10N2.Na.H/c1-3-13-23(14-4-1)31-35-36-32(37(31)24-15-5-2-6-16-24)25-17-7-9-19-27(25)38-29-21-11-12-22-30(29)39-28-20-10-8-18-26(28)34-33(38)39;21-18-14-8-7-13-17(18)20-23-22-19(15-9-3-1-4-10-15)24(20)16-11-5-2-6-12-16;1-3-7-12-10(5-1)9-14-15-11-6-2-4-8-13(11)16(12)14;;/h1-22H;1-14H;1-8H,9H2;;/q;;;+1;-1. The van der Waals surface area contributed by atoms with Gasteiger partial charge in [-0.2, -0.15) is 0 Å². The van der Waals surface area contributed by atoms with E-state index in [9.17, 15) is 4.39 Å². The summed E-state index contributed by atoms with van der Waals surface area (Å²) in [6.45, 7) is 0. The van der Waals surface area contributed by atoms with Crippen LogP contribution in [0.2, 0.25) is 0 Å². The average molecular weight is 1050 g/mol. The number of hydrogen-bond acceptors (Lipinski definition) is 6. The van der Waals surface area contributed by atoms with E-state index >= 15 is 0 Å². The first-order valence-electron chi connectivity index (χ1n) is 26.0. The van der Waals surface area contributed by atoms with Gasteiger partial charge in [0.2, 0.25) is 5.78 Å². The largest absolute Gasteiger partial charge is 1.00 e. The molecule has 15 aromatic rings. The van der Waals surface area contributed by atoms with E-state index in [1.165, 1.54) is 22.8 Å². The molecule has 0 fully saturated rings. The van der Waals surface area contributed by atoms with Crippen molar-refractivity contribution in [1.82, 2.24) is 53.0 Å². The molecule has 0 saturated heterocycles. The Morgan fingerprint density at radius 3 is 1.39 bits per heavy atom. The zero-order valence-electron chi connectivity index (χ0n) is 44.4. The molecule has 0 atom stereocenters. The molecule has 0 saturated carbocycles. The summed E-state index contributed by atoms with van der Waals surface area (Å²) in [6, 6.07) is 88.5. The molecule has 5 aromatic heterocycles. The molecule has 0 unspecified atom stereocenters. The zero-order chi connectivity index (χ0) is 52.7. The van der Waals surface area contributed by atoms with E-state index in [2.05, 4.69) is 167 Å². The van der Waals surface area contributed by atoms with Gasteiger partial charge in [0.25, 0.3) is 0 Å². The number of benzene rings is 10. The normalized spacial score (nSPS) is 11.4. The van der Waals surface area contributed by atoms with Crippen molar-refractivity contribution in [3.63, 3.8) is 0 Å². The fraction of sp³-hybridized carbons (Fsp3) is 0.0149. The maximum atomic E-state index is 14.3. The fourth-order valence-corrected chi connectivity index (χ4v) is 10.7. The molecular weight excluding hydrogens is 1000 g/mol. The van der Waals surface area contributed by atoms with Gasteiger partial charge in [-0.3, -0.25) is 22.7 Å². The Bertz CT molecular complexity index is 4670. The Kier molecular flexibility index (Phi) is 13.4. The van der Waals surface area contributed by atoms with Crippen LogP contribution in [-0.2, 0) is 6.42 Å². The van der Waals surface area contributed by atoms with Crippen molar-refractivity contribution in [3.05, 3.63) is 284 Å². The smallest absolute Gasteiger partial charge is 1.00 e. The molecule has 0 bridgehead atoms. The van der Waals surface area contributed by atoms with E-state index in [1.54, 1.807) is 18.2 Å². The van der Waals surface area contributed by atoms with Crippen molar-refractivity contribution in [3.8, 4) is 68.3 Å². The van der Waals surface area contributed by atoms with Crippen molar-refractivity contribution in [1.29, 1.82) is 0 Å². The first kappa shape index (κ1) is 49.7. The maximum Gasteiger partial charge on any atom is 1.00 e. The molecule has 80 heavy (non-hydrogen) atoms. The summed E-state index contributed by atoms with van der Waals surface area (Å²) in [7, 11) is 0. The summed E-state index contributed by atoms with van der Waals surface area (Å²) in [5.74, 6) is 4.42. The minimum Gasteiger partial charge on any atom is -1.00 e. The fourth-order valence-electron chi connectivity index (χ4n) is 10.7. The second-order valence-electron chi connectivity index (χ2n) is 19.0. The predicted octanol–water partition coefficient (Wildman–Crippen LogP) is 12.1. The number of aromatic nitrogens is 11. The molecule has 1 aliphatic rings. The zero-order valence-corrected chi connectivity index (χ0v) is 45.4. The van der Waals surface area contributed by atoms with Gasteiger partial charge in [-0.1, -0.05) is 176 Å². The molecule has 0 amide bonds. The summed E-state index contributed by atoms with van der Waals surface area (Å²) in [4.78, 5) is 9.75. The summed E-state index contributed by atoms with van der Waals surface area (Å²) in [6.07, 6.45) is 0.949. The summed E-state index contributed by atoms with van der Waals surface area (Å²) in [5, 5.41) is 18.1. The monoisotopic (exact) mass is 1050 g/mol. The molecule has 10 aromatic carbocycles. The van der Waals surface area contributed by atoms with Gasteiger partial charge in [-0.15, -0.1) is 20.4 Å². The van der Waals surface area contributed by atoms with E-state index in [0.717, 1.165) is 91.0 Å². The van der Waals surface area contributed by atoms with Gasteiger partial charge in [-0.05, 0) is 96.6 Å². The van der Waals surface area contributed by atoms with Gasteiger partial charge in [0.05, 0.1) is 50.0 Å². The van der Waals surface area contributed by atoms with Gasteiger partial charge in [0.15, 0.2) is 23.3 Å². The van der Waals surface area contributed by atoms with E-state index in [4.69, 9.17) is 15.2 Å². The number of rotatable bonds is 7. The second kappa shape index (κ2) is 21.5. The molecule has 0 N–H and O–H groups in total. The Labute approximate surface area is 483 Å². The third-order valence-electron chi connectivity index (χ3n) is 14.2. The van der Waals surface area contributed by atoms with Crippen molar-refractivity contribution in [2.24, 2.45) is 0 Å². The Morgan fingerprint density at radius 2 is 0.775 bits per heavy atom. The first-order chi connectivity index (χ1) is 39.2.